The third-order valence-corrected chi connectivity index (χ3v) is 7.28. The third kappa shape index (κ3) is 8.19. The number of esters is 1. The van der Waals surface area contributed by atoms with E-state index in [1.165, 1.54) is 60.2 Å². The summed E-state index contributed by atoms with van der Waals surface area (Å²) >= 11 is 0. The summed E-state index contributed by atoms with van der Waals surface area (Å²) in [5.41, 5.74) is 1.19. The lowest BCUT2D eigenvalue weighted by molar-refractivity contribution is -0.139. The number of ether oxygens (including phenoxy) is 2. The van der Waals surface area contributed by atoms with Gasteiger partial charge in [-0.05, 0) is 66.2 Å². The first-order valence-electron chi connectivity index (χ1n) is 13.9. The second-order valence-corrected chi connectivity index (χ2v) is 10.3. The highest BCUT2D eigenvalue weighted by Gasteiger charge is 2.31. The molecule has 236 valence electrons. The van der Waals surface area contributed by atoms with E-state index in [9.17, 15) is 32.8 Å². The van der Waals surface area contributed by atoms with E-state index in [-0.39, 0.29) is 42.7 Å². The van der Waals surface area contributed by atoms with Crippen molar-refractivity contribution in [3.8, 4) is 5.75 Å². The van der Waals surface area contributed by atoms with E-state index in [2.05, 4.69) is 10.1 Å². The fraction of sp³-hybridized carbons (Fsp3) is 0.281. The lowest BCUT2D eigenvalue weighted by Crippen LogP contribution is -2.56. The van der Waals surface area contributed by atoms with Crippen LogP contribution in [0.3, 0.4) is 0 Å². The van der Waals surface area contributed by atoms with Gasteiger partial charge in [-0.3, -0.25) is 19.2 Å². The molecule has 3 aromatic carbocycles. The molecule has 11 nitrogen and oxygen atoms in total. The highest BCUT2D eigenvalue weighted by molar-refractivity contribution is 6.00. The summed E-state index contributed by atoms with van der Waals surface area (Å²) in [6.45, 7) is -0.488. The van der Waals surface area contributed by atoms with Gasteiger partial charge in [-0.1, -0.05) is 0 Å². The van der Waals surface area contributed by atoms with E-state index in [4.69, 9.17) is 4.74 Å². The summed E-state index contributed by atoms with van der Waals surface area (Å²) in [5, 5.41) is 2.61. The minimum atomic E-state index is -1.23. The molecule has 1 aliphatic rings. The van der Waals surface area contributed by atoms with E-state index in [1.807, 2.05) is 0 Å². The van der Waals surface area contributed by atoms with Gasteiger partial charge < -0.3 is 29.5 Å². The molecule has 1 atom stereocenters. The Morgan fingerprint density at radius 2 is 1.53 bits per heavy atom. The van der Waals surface area contributed by atoms with Gasteiger partial charge in [0.1, 0.15) is 30.0 Å². The summed E-state index contributed by atoms with van der Waals surface area (Å²) in [4.78, 5) is 68.1. The normalized spacial score (nSPS) is 13.6. The van der Waals surface area contributed by atoms with Gasteiger partial charge in [0.2, 0.25) is 17.7 Å². The van der Waals surface area contributed by atoms with Crippen LogP contribution in [0.25, 0.3) is 0 Å². The minimum absolute atomic E-state index is 0.0533. The van der Waals surface area contributed by atoms with E-state index in [0.29, 0.717) is 17.5 Å². The Hall–Kier alpha value is -5.33. The molecule has 4 rings (SSSR count). The van der Waals surface area contributed by atoms with Crippen molar-refractivity contribution in [2.75, 3.05) is 52.3 Å². The fourth-order valence-corrected chi connectivity index (χ4v) is 4.84. The fourth-order valence-electron chi connectivity index (χ4n) is 4.84. The Kier molecular flexibility index (Phi) is 10.4. The maximum Gasteiger partial charge on any atom is 0.337 e. The van der Waals surface area contributed by atoms with Crippen LogP contribution >= 0.6 is 0 Å². The summed E-state index contributed by atoms with van der Waals surface area (Å²) < 4.78 is 37.7. The molecule has 0 aromatic heterocycles. The van der Waals surface area contributed by atoms with Crippen LogP contribution in [-0.2, 0) is 25.5 Å². The minimum Gasteiger partial charge on any atom is -0.497 e. The molecule has 1 heterocycles. The molecular formula is C32H32F2N4O7. The van der Waals surface area contributed by atoms with E-state index in [0.717, 1.165) is 12.1 Å². The number of amides is 4. The Morgan fingerprint density at radius 3 is 2.11 bits per heavy atom. The van der Waals surface area contributed by atoms with Gasteiger partial charge in [-0.2, -0.15) is 0 Å². The average Bonchev–Trinajstić information content (AvgIpc) is 3.03. The Labute approximate surface area is 258 Å². The predicted molar refractivity (Wildman–Crippen MR) is 159 cm³/mol. The molecule has 0 radical (unpaired) electrons. The molecule has 1 N–H and O–H groups in total. The molecule has 45 heavy (non-hydrogen) atoms. The quantitative estimate of drug-likeness (QED) is 0.345. The molecule has 4 amide bonds. The highest BCUT2D eigenvalue weighted by atomic mass is 19.1. The number of nitrogens with one attached hydrogen (secondary N) is 1. The Balaban J connectivity index is 1.42. The zero-order chi connectivity index (χ0) is 32.7. The summed E-state index contributed by atoms with van der Waals surface area (Å²) in [6, 6.07) is 14.0. The average molecular weight is 623 g/mol. The van der Waals surface area contributed by atoms with Gasteiger partial charge in [-0.15, -0.1) is 0 Å². The van der Waals surface area contributed by atoms with Crippen LogP contribution in [-0.4, -0.2) is 92.9 Å². The zero-order valence-corrected chi connectivity index (χ0v) is 24.9. The van der Waals surface area contributed by atoms with Crippen LogP contribution in [0.5, 0.6) is 5.75 Å². The monoisotopic (exact) mass is 622 g/mol. The number of anilines is 1. The summed E-state index contributed by atoms with van der Waals surface area (Å²) in [6.07, 6.45) is -0.218. The summed E-state index contributed by atoms with van der Waals surface area (Å²) in [7, 11) is 4.25. The number of hydrogen-bond donors (Lipinski definition) is 1. The molecule has 0 bridgehead atoms. The van der Waals surface area contributed by atoms with Crippen LogP contribution in [0.2, 0.25) is 0 Å². The second kappa shape index (κ2) is 14.4. The first kappa shape index (κ1) is 32.6. The molecule has 1 aliphatic heterocycles. The molecular weight excluding hydrogens is 590 g/mol. The topological polar surface area (TPSA) is 126 Å². The van der Waals surface area contributed by atoms with Crippen molar-refractivity contribution < 1.29 is 42.2 Å². The maximum atomic E-state index is 13.9. The van der Waals surface area contributed by atoms with Crippen molar-refractivity contribution >= 4 is 35.3 Å². The lowest BCUT2D eigenvalue weighted by atomic mass is 10.0. The number of carbonyl (C=O) groups excluding carboxylic acids is 5. The van der Waals surface area contributed by atoms with Gasteiger partial charge in [0, 0.05) is 43.9 Å². The molecule has 1 fully saturated rings. The Bertz CT molecular complexity index is 1560. The van der Waals surface area contributed by atoms with Crippen molar-refractivity contribution in [1.82, 2.24) is 15.1 Å². The largest absolute Gasteiger partial charge is 0.497 e. The van der Waals surface area contributed by atoms with Gasteiger partial charge in [0.15, 0.2) is 0 Å². The van der Waals surface area contributed by atoms with Crippen molar-refractivity contribution in [2.45, 2.75) is 12.5 Å². The molecule has 13 heteroatoms. The first-order valence-corrected chi connectivity index (χ1v) is 13.9. The number of rotatable bonds is 10. The number of piperazine rings is 1. The maximum absolute atomic E-state index is 13.9. The van der Waals surface area contributed by atoms with Crippen molar-refractivity contribution in [3.63, 3.8) is 0 Å². The van der Waals surface area contributed by atoms with Crippen LogP contribution in [0.1, 0.15) is 26.3 Å². The standard InChI is InChI=1S/C32H32F2N4O7/c1-36(25-8-10-26(44-2)11-9-25)31(42)27(16-20-14-23(33)17-24(34)15-20)35-28(39)18-37-12-13-38(19-29(37)40)30(41)21-4-6-22(7-5-21)32(43)45-3/h4-11,14-15,17,27H,12-13,16,18-19H2,1-3H3,(H,35,39)/t27-/m0/s1. The number of halogens is 2. The molecule has 0 saturated carbocycles. The first-order chi connectivity index (χ1) is 21.5. The van der Waals surface area contributed by atoms with Crippen molar-refractivity contribution in [3.05, 3.63) is 95.1 Å². The summed E-state index contributed by atoms with van der Waals surface area (Å²) in [5.74, 6) is -3.76. The molecule has 3 aromatic rings. The SMILES string of the molecule is COC(=O)c1ccc(C(=O)N2CCN(CC(=O)N[C@@H](Cc3cc(F)cc(F)c3)C(=O)N(C)c3ccc(OC)cc3)C(=O)C2)cc1. The zero-order valence-electron chi connectivity index (χ0n) is 24.9. The van der Waals surface area contributed by atoms with Crippen LogP contribution < -0.4 is 15.0 Å². The number of likely N-dealkylation sites (N-methyl/N-ethyl adjacent to an activating group) is 1. The number of benzene rings is 3. The smallest absolute Gasteiger partial charge is 0.337 e. The molecule has 0 spiro atoms. The predicted octanol–water partition coefficient (Wildman–Crippen LogP) is 2.43. The van der Waals surface area contributed by atoms with Crippen molar-refractivity contribution in [1.29, 1.82) is 0 Å². The number of hydrogen-bond acceptors (Lipinski definition) is 7. The van der Waals surface area contributed by atoms with Crippen LogP contribution in [0.4, 0.5) is 14.5 Å². The van der Waals surface area contributed by atoms with E-state index < -0.39 is 53.8 Å². The van der Waals surface area contributed by atoms with Crippen molar-refractivity contribution in [2.24, 2.45) is 0 Å². The molecule has 0 unspecified atom stereocenters. The van der Waals surface area contributed by atoms with Gasteiger partial charge in [0.25, 0.3) is 5.91 Å². The lowest BCUT2D eigenvalue weighted by Gasteiger charge is -2.34. The van der Waals surface area contributed by atoms with E-state index in [1.54, 1.807) is 24.3 Å². The Morgan fingerprint density at radius 1 is 0.911 bits per heavy atom. The van der Waals surface area contributed by atoms with Gasteiger partial charge in [0.05, 0.1) is 26.3 Å². The van der Waals surface area contributed by atoms with Crippen LogP contribution in [0.15, 0.2) is 66.7 Å². The number of carbonyl (C=O) groups is 5. The second-order valence-electron chi connectivity index (χ2n) is 10.3. The van der Waals surface area contributed by atoms with E-state index >= 15 is 0 Å². The molecule has 1 saturated heterocycles. The molecule has 0 aliphatic carbocycles. The van der Waals surface area contributed by atoms with Crippen LogP contribution in [0, 0.1) is 11.6 Å². The number of methoxy groups -OCH3 is 2. The number of nitrogens with zero attached hydrogens (tertiary/aromatic N) is 3. The van der Waals surface area contributed by atoms with Gasteiger partial charge >= 0.3 is 5.97 Å². The van der Waals surface area contributed by atoms with Gasteiger partial charge in [-0.25, -0.2) is 13.6 Å². The highest BCUT2D eigenvalue weighted by Crippen LogP contribution is 2.20. The third-order valence-electron chi connectivity index (χ3n) is 7.28.